The normalized spacial score (nSPS) is 18.4. The van der Waals surface area contributed by atoms with Gasteiger partial charge in [-0.05, 0) is 18.6 Å². The van der Waals surface area contributed by atoms with Crippen LogP contribution >= 0.6 is 0 Å². The molecule has 3 aromatic rings. The maximum absolute atomic E-state index is 12.5. The Morgan fingerprint density at radius 2 is 2.16 bits per heavy atom. The molecule has 9 heteroatoms. The molecular formula is C16H14F3N5O. The number of halogens is 3. The summed E-state index contributed by atoms with van der Waals surface area (Å²) in [6, 6.07) is 3.63. The van der Waals surface area contributed by atoms with Gasteiger partial charge >= 0.3 is 6.18 Å². The lowest BCUT2D eigenvalue weighted by Gasteiger charge is -2.18. The second-order valence-electron chi connectivity index (χ2n) is 6.15. The van der Waals surface area contributed by atoms with E-state index in [0.29, 0.717) is 24.1 Å². The predicted molar refractivity (Wildman–Crippen MR) is 83.8 cm³/mol. The first kappa shape index (κ1) is 15.8. The molecule has 1 aliphatic heterocycles. The van der Waals surface area contributed by atoms with Crippen molar-refractivity contribution >= 4 is 27.8 Å². The van der Waals surface area contributed by atoms with Crippen molar-refractivity contribution in [1.29, 1.82) is 0 Å². The molecule has 6 nitrogen and oxygen atoms in total. The first-order valence-electron chi connectivity index (χ1n) is 7.85. The van der Waals surface area contributed by atoms with Crippen LogP contribution in [0.3, 0.4) is 0 Å². The summed E-state index contributed by atoms with van der Waals surface area (Å²) in [5.74, 6) is -0.960. The lowest BCUT2D eigenvalue weighted by atomic mass is 9.99. The molecule has 1 saturated heterocycles. The Hall–Kier alpha value is -2.71. The highest BCUT2D eigenvalue weighted by Crippen LogP contribution is 2.34. The summed E-state index contributed by atoms with van der Waals surface area (Å²) in [5, 5.41) is 9.92. The van der Waals surface area contributed by atoms with Gasteiger partial charge < -0.3 is 9.88 Å². The van der Waals surface area contributed by atoms with Gasteiger partial charge in [0.15, 0.2) is 5.65 Å². The molecule has 0 radical (unpaired) electrons. The molecule has 130 valence electrons. The number of carbonyl (C=O) groups is 1. The van der Waals surface area contributed by atoms with Crippen LogP contribution in [-0.2, 0) is 4.79 Å². The van der Waals surface area contributed by atoms with Gasteiger partial charge in [0, 0.05) is 47.9 Å². The number of aromatic amines is 1. The first-order chi connectivity index (χ1) is 11.9. The van der Waals surface area contributed by atoms with Crippen LogP contribution in [0, 0.1) is 0 Å². The lowest BCUT2D eigenvalue weighted by Crippen LogP contribution is -2.32. The Labute approximate surface area is 140 Å². The van der Waals surface area contributed by atoms with E-state index in [0.717, 1.165) is 16.5 Å². The number of pyridine rings is 1. The molecule has 0 bridgehead atoms. The average Bonchev–Trinajstić information content (AvgIpc) is 3.22. The van der Waals surface area contributed by atoms with Crippen LogP contribution < -0.4 is 0 Å². The number of rotatable bonds is 2. The summed E-state index contributed by atoms with van der Waals surface area (Å²) in [4.78, 5) is 20.4. The highest BCUT2D eigenvalue weighted by Gasteiger charge is 2.36. The van der Waals surface area contributed by atoms with Crippen molar-refractivity contribution in [3.8, 4) is 0 Å². The van der Waals surface area contributed by atoms with Gasteiger partial charge in [-0.15, -0.1) is 10.2 Å². The SMILES string of the molecule is O=C(CC(F)(F)F)N1CCC(c2[nH]ccc3nnc4nccc4c23)C1. The van der Waals surface area contributed by atoms with Crippen LogP contribution in [0.25, 0.3) is 21.9 Å². The molecule has 1 unspecified atom stereocenters. The number of fused-ring (bicyclic) bond motifs is 3. The Kier molecular flexibility index (Phi) is 3.59. The average molecular weight is 349 g/mol. The van der Waals surface area contributed by atoms with Crippen molar-refractivity contribution in [2.24, 2.45) is 0 Å². The van der Waals surface area contributed by atoms with Gasteiger partial charge in [-0.3, -0.25) is 4.79 Å². The minimum absolute atomic E-state index is 0.0804. The predicted octanol–water partition coefficient (Wildman–Crippen LogP) is 2.77. The molecule has 4 heterocycles. The molecule has 4 rings (SSSR count). The second-order valence-corrected chi connectivity index (χ2v) is 6.15. The van der Waals surface area contributed by atoms with E-state index in [1.807, 2.05) is 6.07 Å². The van der Waals surface area contributed by atoms with Crippen LogP contribution in [-0.4, -0.2) is 50.2 Å². The van der Waals surface area contributed by atoms with E-state index in [-0.39, 0.29) is 12.5 Å². The summed E-state index contributed by atoms with van der Waals surface area (Å²) in [5.41, 5.74) is 2.07. The smallest absolute Gasteiger partial charge is 0.364 e. The molecule has 25 heavy (non-hydrogen) atoms. The van der Waals surface area contributed by atoms with Gasteiger partial charge in [0.2, 0.25) is 5.91 Å². The molecule has 1 N–H and O–H groups in total. The third kappa shape index (κ3) is 2.90. The van der Waals surface area contributed by atoms with Crippen LogP contribution in [0.2, 0.25) is 0 Å². The van der Waals surface area contributed by atoms with Crippen LogP contribution in [0.4, 0.5) is 13.2 Å². The van der Waals surface area contributed by atoms with Gasteiger partial charge in [0.05, 0.1) is 5.52 Å². The fraction of sp³-hybridized carbons (Fsp3) is 0.375. The van der Waals surface area contributed by atoms with Crippen LogP contribution in [0.15, 0.2) is 24.5 Å². The van der Waals surface area contributed by atoms with E-state index in [2.05, 4.69) is 20.2 Å². The van der Waals surface area contributed by atoms with Gasteiger partial charge in [-0.25, -0.2) is 4.98 Å². The van der Waals surface area contributed by atoms with Crippen LogP contribution in [0.1, 0.15) is 24.5 Å². The molecule has 0 aromatic carbocycles. The number of hydrogen-bond donors (Lipinski definition) is 1. The Morgan fingerprint density at radius 1 is 1.32 bits per heavy atom. The van der Waals surface area contributed by atoms with Crippen molar-refractivity contribution in [3.05, 3.63) is 30.2 Å². The van der Waals surface area contributed by atoms with E-state index >= 15 is 0 Å². The second kappa shape index (κ2) is 5.68. The maximum Gasteiger partial charge on any atom is 0.397 e. The third-order valence-corrected chi connectivity index (χ3v) is 4.51. The highest BCUT2D eigenvalue weighted by atomic mass is 19.4. The Balaban J connectivity index is 1.67. The summed E-state index contributed by atoms with van der Waals surface area (Å²) in [6.07, 6.45) is -1.93. The van der Waals surface area contributed by atoms with E-state index in [4.69, 9.17) is 0 Å². The summed E-state index contributed by atoms with van der Waals surface area (Å²) in [7, 11) is 0. The number of H-pyrrole nitrogens is 1. The Morgan fingerprint density at radius 3 is 2.96 bits per heavy atom. The number of alkyl halides is 3. The Bertz CT molecular complexity index is 952. The highest BCUT2D eigenvalue weighted by molar-refractivity contribution is 6.04. The molecule has 0 aliphatic carbocycles. The van der Waals surface area contributed by atoms with Crippen molar-refractivity contribution in [3.63, 3.8) is 0 Å². The molecule has 3 aromatic heterocycles. The van der Waals surface area contributed by atoms with Gasteiger partial charge in [-0.1, -0.05) is 0 Å². The number of likely N-dealkylation sites (tertiary alicyclic amines) is 1. The minimum Gasteiger partial charge on any atom is -0.364 e. The van der Waals surface area contributed by atoms with E-state index in [9.17, 15) is 18.0 Å². The standard InChI is InChI=1S/C16H14F3N5O/c17-16(18,19)7-12(25)24-6-3-9(8-24)14-13-10-1-4-21-15(10)23-22-11(13)2-5-20-14/h1-2,4-5,9,20H,3,6-8H2. The number of amides is 1. The number of aromatic nitrogens is 4. The van der Waals surface area contributed by atoms with Crippen molar-refractivity contribution in [1.82, 2.24) is 25.1 Å². The van der Waals surface area contributed by atoms with Gasteiger partial charge in [0.25, 0.3) is 0 Å². The van der Waals surface area contributed by atoms with Crippen molar-refractivity contribution in [2.45, 2.75) is 24.9 Å². The minimum atomic E-state index is -4.48. The molecular weight excluding hydrogens is 335 g/mol. The summed E-state index contributed by atoms with van der Waals surface area (Å²) < 4.78 is 37.4. The largest absolute Gasteiger partial charge is 0.397 e. The van der Waals surface area contributed by atoms with E-state index in [1.165, 1.54) is 4.90 Å². The van der Waals surface area contributed by atoms with Crippen LogP contribution in [0.5, 0.6) is 0 Å². The molecule has 0 saturated carbocycles. The molecule has 1 amide bonds. The lowest BCUT2D eigenvalue weighted by molar-refractivity contribution is -0.160. The molecule has 0 spiro atoms. The van der Waals surface area contributed by atoms with E-state index in [1.54, 1.807) is 18.5 Å². The fourth-order valence-corrected chi connectivity index (χ4v) is 3.40. The van der Waals surface area contributed by atoms with Crippen molar-refractivity contribution < 1.29 is 18.0 Å². The van der Waals surface area contributed by atoms with Crippen molar-refractivity contribution in [2.75, 3.05) is 13.1 Å². The molecule has 1 fully saturated rings. The zero-order valence-electron chi connectivity index (χ0n) is 13.0. The topological polar surface area (TPSA) is 74.8 Å². The quantitative estimate of drug-likeness (QED) is 0.772. The summed E-state index contributed by atoms with van der Waals surface area (Å²) in [6.45, 7) is 0.563. The van der Waals surface area contributed by atoms with Gasteiger partial charge in [0.1, 0.15) is 6.42 Å². The number of hydrogen-bond acceptors (Lipinski definition) is 4. The van der Waals surface area contributed by atoms with Gasteiger partial charge in [-0.2, -0.15) is 13.2 Å². The number of carbonyl (C=O) groups excluding carboxylic acids is 1. The van der Waals surface area contributed by atoms with E-state index < -0.39 is 18.5 Å². The zero-order chi connectivity index (χ0) is 17.6. The number of nitrogens with one attached hydrogen (secondary N) is 1. The zero-order valence-corrected chi connectivity index (χ0v) is 13.0. The monoisotopic (exact) mass is 349 g/mol. The molecule has 1 aliphatic rings. The number of nitrogens with zero attached hydrogens (tertiary/aromatic N) is 4. The first-order valence-corrected chi connectivity index (χ1v) is 7.85. The fourth-order valence-electron chi connectivity index (χ4n) is 3.40. The third-order valence-electron chi connectivity index (χ3n) is 4.51. The summed E-state index contributed by atoms with van der Waals surface area (Å²) >= 11 is 0. The maximum atomic E-state index is 12.5. The molecule has 1 atom stereocenters.